The monoisotopic (exact) mass is 265 g/mol. The van der Waals surface area contributed by atoms with E-state index in [0.717, 1.165) is 5.69 Å². The summed E-state index contributed by atoms with van der Waals surface area (Å²) in [5.74, 6) is 0.0577. The first-order chi connectivity index (χ1) is 9.29. The van der Waals surface area contributed by atoms with Crippen LogP contribution in [0.5, 0.6) is 0 Å². The zero-order valence-electron chi connectivity index (χ0n) is 11.4. The van der Waals surface area contributed by atoms with E-state index in [0.29, 0.717) is 25.6 Å². The van der Waals surface area contributed by atoms with Crippen LogP contribution >= 0.6 is 0 Å². The molecule has 2 rings (SSSR count). The van der Waals surface area contributed by atoms with Crippen LogP contribution in [0.3, 0.4) is 0 Å². The summed E-state index contributed by atoms with van der Waals surface area (Å²) >= 11 is 0. The molecule has 1 aromatic rings. The molecule has 0 bridgehead atoms. The van der Waals surface area contributed by atoms with Crippen molar-refractivity contribution in [2.24, 2.45) is 5.73 Å². The summed E-state index contributed by atoms with van der Waals surface area (Å²) in [4.78, 5) is 11.7. The lowest BCUT2D eigenvalue weighted by Gasteiger charge is -2.21. The molecule has 1 aliphatic rings. The highest BCUT2D eigenvalue weighted by Gasteiger charge is 2.16. The molecule has 1 aliphatic carbocycles. The highest BCUT2D eigenvalue weighted by Crippen LogP contribution is 2.27. The van der Waals surface area contributed by atoms with Crippen LogP contribution in [0.4, 0.5) is 0 Å². The van der Waals surface area contributed by atoms with Crippen molar-refractivity contribution in [1.29, 1.82) is 0 Å². The Kier molecular flexibility index (Phi) is 5.54. The quantitative estimate of drug-likeness (QED) is 0.758. The number of hydrogen-bond donors (Lipinski definition) is 1. The SMILES string of the molecule is NCCOCC(=O)Cc1ccn(C2CCCCC2)n1. The minimum atomic E-state index is 0.0577. The zero-order valence-corrected chi connectivity index (χ0v) is 11.4. The van der Waals surface area contributed by atoms with Crippen LogP contribution in [0.2, 0.25) is 0 Å². The number of nitrogens with two attached hydrogens (primary N) is 1. The van der Waals surface area contributed by atoms with Crippen LogP contribution < -0.4 is 5.73 Å². The molecule has 1 heterocycles. The third-order valence-corrected chi connectivity index (χ3v) is 3.52. The van der Waals surface area contributed by atoms with Crippen molar-refractivity contribution in [3.8, 4) is 0 Å². The molecular formula is C14H23N3O2. The van der Waals surface area contributed by atoms with Gasteiger partial charge in [-0.05, 0) is 18.9 Å². The van der Waals surface area contributed by atoms with Gasteiger partial charge in [0.05, 0.1) is 24.8 Å². The second-order valence-electron chi connectivity index (χ2n) is 5.14. The van der Waals surface area contributed by atoms with E-state index in [1.54, 1.807) is 0 Å². The number of carbonyl (C=O) groups is 1. The number of ketones is 1. The van der Waals surface area contributed by atoms with Gasteiger partial charge in [0.2, 0.25) is 0 Å². The van der Waals surface area contributed by atoms with Crippen molar-refractivity contribution < 1.29 is 9.53 Å². The van der Waals surface area contributed by atoms with Gasteiger partial charge in [-0.3, -0.25) is 9.48 Å². The van der Waals surface area contributed by atoms with Crippen molar-refractivity contribution in [3.63, 3.8) is 0 Å². The van der Waals surface area contributed by atoms with Gasteiger partial charge >= 0.3 is 0 Å². The predicted molar refractivity (Wildman–Crippen MR) is 72.9 cm³/mol. The molecule has 0 saturated heterocycles. The first-order valence-electron chi connectivity index (χ1n) is 7.13. The number of nitrogens with zero attached hydrogens (tertiary/aromatic N) is 2. The maximum atomic E-state index is 11.7. The number of Topliss-reactive ketones (excluding diaryl/α,β-unsaturated/α-hetero) is 1. The number of hydrogen-bond acceptors (Lipinski definition) is 4. The van der Waals surface area contributed by atoms with Gasteiger partial charge in [0.1, 0.15) is 6.61 Å². The lowest BCUT2D eigenvalue weighted by molar-refractivity contribution is -0.122. The normalized spacial score (nSPS) is 16.7. The van der Waals surface area contributed by atoms with Crippen molar-refractivity contribution in [2.45, 2.75) is 44.6 Å². The largest absolute Gasteiger partial charge is 0.372 e. The summed E-state index contributed by atoms with van der Waals surface area (Å²) in [7, 11) is 0. The fourth-order valence-corrected chi connectivity index (χ4v) is 2.54. The van der Waals surface area contributed by atoms with E-state index in [-0.39, 0.29) is 12.4 Å². The molecule has 0 spiro atoms. The molecule has 2 N–H and O–H groups in total. The Bertz CT molecular complexity index is 397. The Morgan fingerprint density at radius 3 is 2.95 bits per heavy atom. The molecular weight excluding hydrogens is 242 g/mol. The minimum Gasteiger partial charge on any atom is -0.372 e. The van der Waals surface area contributed by atoms with Crippen LogP contribution in [-0.2, 0) is 16.0 Å². The molecule has 0 aromatic carbocycles. The first-order valence-corrected chi connectivity index (χ1v) is 7.13. The molecule has 1 saturated carbocycles. The van der Waals surface area contributed by atoms with Crippen molar-refractivity contribution in [3.05, 3.63) is 18.0 Å². The fraction of sp³-hybridized carbons (Fsp3) is 0.714. The van der Waals surface area contributed by atoms with Gasteiger partial charge in [0.15, 0.2) is 5.78 Å². The predicted octanol–water partition coefficient (Wildman–Crippen LogP) is 1.48. The second kappa shape index (κ2) is 7.40. The van der Waals surface area contributed by atoms with E-state index < -0.39 is 0 Å². The van der Waals surface area contributed by atoms with Gasteiger partial charge in [-0.1, -0.05) is 19.3 Å². The van der Waals surface area contributed by atoms with E-state index in [1.807, 2.05) is 16.9 Å². The Labute approximate surface area is 114 Å². The summed E-state index contributed by atoms with van der Waals surface area (Å²) < 4.78 is 7.16. The lowest BCUT2D eigenvalue weighted by Crippen LogP contribution is -2.17. The van der Waals surface area contributed by atoms with E-state index in [2.05, 4.69) is 5.10 Å². The molecule has 5 heteroatoms. The molecule has 19 heavy (non-hydrogen) atoms. The van der Waals surface area contributed by atoms with Gasteiger partial charge in [-0.15, -0.1) is 0 Å². The van der Waals surface area contributed by atoms with Crippen molar-refractivity contribution in [1.82, 2.24) is 9.78 Å². The van der Waals surface area contributed by atoms with Crippen molar-refractivity contribution >= 4 is 5.78 Å². The average Bonchev–Trinajstić information content (AvgIpc) is 2.88. The van der Waals surface area contributed by atoms with E-state index in [4.69, 9.17) is 10.5 Å². The zero-order chi connectivity index (χ0) is 13.5. The topological polar surface area (TPSA) is 70.1 Å². The van der Waals surface area contributed by atoms with E-state index >= 15 is 0 Å². The third kappa shape index (κ3) is 4.44. The molecule has 0 unspecified atom stereocenters. The Morgan fingerprint density at radius 2 is 2.21 bits per heavy atom. The summed E-state index contributed by atoms with van der Waals surface area (Å²) in [6, 6.07) is 2.46. The molecule has 106 valence electrons. The van der Waals surface area contributed by atoms with E-state index in [1.165, 1.54) is 32.1 Å². The minimum absolute atomic E-state index is 0.0577. The maximum Gasteiger partial charge on any atom is 0.164 e. The Morgan fingerprint density at radius 1 is 1.42 bits per heavy atom. The fourth-order valence-electron chi connectivity index (χ4n) is 2.54. The average molecular weight is 265 g/mol. The van der Waals surface area contributed by atoms with Gasteiger partial charge < -0.3 is 10.5 Å². The summed E-state index contributed by atoms with van der Waals surface area (Å²) in [5, 5.41) is 4.52. The van der Waals surface area contributed by atoms with Gasteiger partial charge in [0.25, 0.3) is 0 Å². The van der Waals surface area contributed by atoms with Crippen LogP contribution in [-0.4, -0.2) is 35.3 Å². The summed E-state index contributed by atoms with van der Waals surface area (Å²) in [5.41, 5.74) is 6.14. The smallest absolute Gasteiger partial charge is 0.164 e. The molecule has 0 atom stereocenters. The highest BCUT2D eigenvalue weighted by molar-refractivity contribution is 5.81. The van der Waals surface area contributed by atoms with E-state index in [9.17, 15) is 4.79 Å². The molecule has 1 aromatic heterocycles. The molecule has 1 fully saturated rings. The Hall–Kier alpha value is -1.20. The van der Waals surface area contributed by atoms with Crippen molar-refractivity contribution in [2.75, 3.05) is 19.8 Å². The Balaban J connectivity index is 1.81. The second-order valence-corrected chi connectivity index (χ2v) is 5.14. The van der Waals surface area contributed by atoms with Crippen LogP contribution in [0.15, 0.2) is 12.3 Å². The summed E-state index contributed by atoms with van der Waals surface area (Å²) in [6.45, 7) is 1.01. The molecule has 0 radical (unpaired) electrons. The third-order valence-electron chi connectivity index (χ3n) is 3.52. The number of aromatic nitrogens is 2. The first kappa shape index (κ1) is 14.2. The standard InChI is InChI=1S/C14H23N3O2/c15-7-9-19-11-14(18)10-12-6-8-17(16-12)13-4-2-1-3-5-13/h6,8,13H,1-5,7,9-11,15H2. The van der Waals surface area contributed by atoms with Crippen LogP contribution in [0.25, 0.3) is 0 Å². The summed E-state index contributed by atoms with van der Waals surface area (Å²) in [6.07, 6.45) is 8.66. The number of ether oxygens (including phenoxy) is 1. The highest BCUT2D eigenvalue weighted by atomic mass is 16.5. The van der Waals surface area contributed by atoms with Crippen LogP contribution in [0.1, 0.15) is 43.8 Å². The van der Waals surface area contributed by atoms with Gasteiger partial charge in [0, 0.05) is 12.7 Å². The molecule has 0 aliphatic heterocycles. The molecule has 5 nitrogen and oxygen atoms in total. The lowest BCUT2D eigenvalue weighted by atomic mass is 9.96. The molecule has 0 amide bonds. The maximum absolute atomic E-state index is 11.7. The van der Waals surface area contributed by atoms with Crippen LogP contribution in [0, 0.1) is 0 Å². The van der Waals surface area contributed by atoms with Gasteiger partial charge in [-0.2, -0.15) is 5.10 Å². The number of rotatable bonds is 7. The van der Waals surface area contributed by atoms with Gasteiger partial charge in [-0.25, -0.2) is 0 Å². The number of carbonyl (C=O) groups excluding carboxylic acids is 1.